The average molecular weight is 391 g/mol. The van der Waals surface area contributed by atoms with Crippen molar-refractivity contribution < 1.29 is 9.18 Å². The van der Waals surface area contributed by atoms with Crippen LogP contribution in [-0.2, 0) is 0 Å². The maximum atomic E-state index is 13.7. The molecule has 3 aromatic rings. The second-order valence-electron chi connectivity index (χ2n) is 7.11. The molecule has 0 bridgehead atoms. The molecule has 0 radical (unpaired) electrons. The predicted octanol–water partition coefficient (Wildman–Crippen LogP) is 4.52. The molecule has 0 aliphatic carbocycles. The largest absolute Gasteiger partial charge is 0.370 e. The number of hydrogen-bond donors (Lipinski definition) is 2. The minimum absolute atomic E-state index is 0.282. The highest BCUT2D eigenvalue weighted by molar-refractivity contribution is 6.04. The van der Waals surface area contributed by atoms with Crippen molar-refractivity contribution in [3.05, 3.63) is 71.7 Å². The van der Waals surface area contributed by atoms with Gasteiger partial charge in [0.1, 0.15) is 5.82 Å². The lowest BCUT2D eigenvalue weighted by Gasteiger charge is -2.17. The summed E-state index contributed by atoms with van der Waals surface area (Å²) >= 11 is 0. The van der Waals surface area contributed by atoms with Gasteiger partial charge in [0.25, 0.3) is 5.91 Å². The van der Waals surface area contributed by atoms with Gasteiger partial charge < -0.3 is 15.5 Å². The van der Waals surface area contributed by atoms with E-state index in [0.29, 0.717) is 17.1 Å². The number of carbonyl (C=O) groups is 1. The lowest BCUT2D eigenvalue weighted by Crippen LogP contribution is -2.18. The number of carbonyl (C=O) groups excluding carboxylic acids is 1. The Kier molecular flexibility index (Phi) is 5.37. The molecule has 2 heterocycles. The molecule has 1 saturated heterocycles. The molecule has 0 saturated carbocycles. The fraction of sp³-hybridized carbons (Fsp3) is 0.227. The number of rotatable bonds is 5. The van der Waals surface area contributed by atoms with E-state index in [1.54, 1.807) is 37.4 Å². The number of aromatic nitrogens is 2. The fourth-order valence-corrected chi connectivity index (χ4v) is 3.29. The van der Waals surface area contributed by atoms with Crippen molar-refractivity contribution in [2.45, 2.75) is 19.8 Å². The molecular formula is C22H22FN5O. The molecule has 1 amide bonds. The molecule has 2 aromatic carbocycles. The molecule has 29 heavy (non-hydrogen) atoms. The van der Waals surface area contributed by atoms with E-state index in [2.05, 4.69) is 25.7 Å². The molecule has 4 rings (SSSR count). The first-order valence-corrected chi connectivity index (χ1v) is 9.61. The van der Waals surface area contributed by atoms with E-state index < -0.39 is 5.82 Å². The number of hydrogen-bond acceptors (Lipinski definition) is 5. The van der Waals surface area contributed by atoms with E-state index >= 15 is 0 Å². The third-order valence-electron chi connectivity index (χ3n) is 4.96. The highest BCUT2D eigenvalue weighted by atomic mass is 19.1. The standard InChI is InChI=1S/C22H22FN5O/c1-15-4-5-16(12-20(15)23)22(29)26-18-8-6-17(7-9-18)25-21-13-19(14-24-27-21)28-10-2-3-11-28/h4-9,12-14H,2-3,10-11H2,1H3,(H,25,27)(H,26,29). The first-order valence-electron chi connectivity index (χ1n) is 9.61. The highest BCUT2D eigenvalue weighted by Crippen LogP contribution is 2.23. The van der Waals surface area contributed by atoms with Crippen LogP contribution in [0.15, 0.2) is 54.7 Å². The van der Waals surface area contributed by atoms with Crippen molar-refractivity contribution in [1.29, 1.82) is 0 Å². The van der Waals surface area contributed by atoms with E-state index in [1.807, 2.05) is 18.2 Å². The second kappa shape index (κ2) is 8.26. The minimum Gasteiger partial charge on any atom is -0.370 e. The van der Waals surface area contributed by atoms with Gasteiger partial charge in [-0.15, -0.1) is 5.10 Å². The molecule has 1 aliphatic rings. The molecular weight excluding hydrogens is 369 g/mol. The van der Waals surface area contributed by atoms with Gasteiger partial charge in [-0.1, -0.05) is 6.07 Å². The monoisotopic (exact) mass is 391 g/mol. The molecule has 1 aromatic heterocycles. The first kappa shape index (κ1) is 18.9. The van der Waals surface area contributed by atoms with Crippen molar-refractivity contribution in [3.63, 3.8) is 0 Å². The molecule has 0 atom stereocenters. The predicted molar refractivity (Wildman–Crippen MR) is 112 cm³/mol. The van der Waals surface area contributed by atoms with Crippen LogP contribution in [0.4, 0.5) is 27.3 Å². The molecule has 2 N–H and O–H groups in total. The zero-order valence-corrected chi connectivity index (χ0v) is 16.2. The highest BCUT2D eigenvalue weighted by Gasteiger charge is 2.13. The van der Waals surface area contributed by atoms with Crippen LogP contribution in [0.2, 0.25) is 0 Å². The van der Waals surface area contributed by atoms with Gasteiger partial charge in [0, 0.05) is 36.1 Å². The van der Waals surface area contributed by atoms with E-state index in [1.165, 1.54) is 18.9 Å². The summed E-state index contributed by atoms with van der Waals surface area (Å²) in [7, 11) is 0. The number of benzene rings is 2. The summed E-state index contributed by atoms with van der Waals surface area (Å²) < 4.78 is 13.7. The van der Waals surface area contributed by atoms with Gasteiger partial charge in [-0.25, -0.2) is 4.39 Å². The molecule has 1 fully saturated rings. The van der Waals surface area contributed by atoms with Crippen molar-refractivity contribution >= 4 is 28.8 Å². The summed E-state index contributed by atoms with van der Waals surface area (Å²) in [5.41, 5.74) is 3.31. The van der Waals surface area contributed by atoms with Crippen LogP contribution in [-0.4, -0.2) is 29.2 Å². The Morgan fingerprint density at radius 1 is 1.03 bits per heavy atom. The smallest absolute Gasteiger partial charge is 0.255 e. The van der Waals surface area contributed by atoms with E-state index in [0.717, 1.165) is 24.5 Å². The first-order chi connectivity index (χ1) is 14.1. The molecule has 148 valence electrons. The van der Waals surface area contributed by atoms with Crippen LogP contribution in [0.3, 0.4) is 0 Å². The van der Waals surface area contributed by atoms with Crippen molar-refractivity contribution in [1.82, 2.24) is 10.2 Å². The van der Waals surface area contributed by atoms with E-state index in [4.69, 9.17) is 0 Å². The summed E-state index contributed by atoms with van der Waals surface area (Å²) in [4.78, 5) is 14.6. The zero-order valence-electron chi connectivity index (χ0n) is 16.2. The van der Waals surface area contributed by atoms with Gasteiger partial charge in [-0.2, -0.15) is 5.10 Å². The third-order valence-corrected chi connectivity index (χ3v) is 4.96. The van der Waals surface area contributed by atoms with Gasteiger partial charge in [0.05, 0.1) is 11.9 Å². The summed E-state index contributed by atoms with van der Waals surface area (Å²) in [6.45, 7) is 3.75. The Labute approximate surface area is 168 Å². The number of anilines is 4. The van der Waals surface area contributed by atoms with Gasteiger partial charge in [-0.3, -0.25) is 4.79 Å². The Bertz CT molecular complexity index is 1020. The van der Waals surface area contributed by atoms with Crippen LogP contribution in [0.1, 0.15) is 28.8 Å². The number of aryl methyl sites for hydroxylation is 1. The maximum Gasteiger partial charge on any atom is 0.255 e. The van der Waals surface area contributed by atoms with Crippen LogP contribution >= 0.6 is 0 Å². The van der Waals surface area contributed by atoms with Crippen LogP contribution in [0.25, 0.3) is 0 Å². The summed E-state index contributed by atoms with van der Waals surface area (Å²) in [6, 6.07) is 13.7. The molecule has 1 aliphatic heterocycles. The van der Waals surface area contributed by atoms with Crippen molar-refractivity contribution in [2.75, 3.05) is 28.6 Å². The topological polar surface area (TPSA) is 70.2 Å². The van der Waals surface area contributed by atoms with Gasteiger partial charge in [0.15, 0.2) is 5.82 Å². The molecule has 6 nitrogen and oxygen atoms in total. The molecule has 0 spiro atoms. The van der Waals surface area contributed by atoms with E-state index in [9.17, 15) is 9.18 Å². The van der Waals surface area contributed by atoms with Gasteiger partial charge in [-0.05, 0) is 61.7 Å². The number of nitrogens with zero attached hydrogens (tertiary/aromatic N) is 3. The number of halogens is 1. The molecule has 0 unspecified atom stereocenters. The fourth-order valence-electron chi connectivity index (χ4n) is 3.29. The Morgan fingerprint density at radius 3 is 2.48 bits per heavy atom. The minimum atomic E-state index is -0.394. The zero-order chi connectivity index (χ0) is 20.2. The number of amides is 1. The van der Waals surface area contributed by atoms with Gasteiger partial charge in [0.2, 0.25) is 0 Å². The Hall–Kier alpha value is -3.48. The van der Waals surface area contributed by atoms with Crippen molar-refractivity contribution in [2.24, 2.45) is 0 Å². The Balaban J connectivity index is 1.41. The SMILES string of the molecule is Cc1ccc(C(=O)Nc2ccc(Nc3cc(N4CCCC4)cnn3)cc2)cc1F. The molecule has 7 heteroatoms. The van der Waals surface area contributed by atoms with Crippen LogP contribution in [0.5, 0.6) is 0 Å². The number of nitrogens with one attached hydrogen (secondary N) is 2. The average Bonchev–Trinajstić information content (AvgIpc) is 3.27. The third kappa shape index (κ3) is 4.51. The van der Waals surface area contributed by atoms with Crippen molar-refractivity contribution in [3.8, 4) is 0 Å². The summed E-state index contributed by atoms with van der Waals surface area (Å²) in [5, 5.41) is 14.2. The Morgan fingerprint density at radius 2 is 1.76 bits per heavy atom. The maximum absolute atomic E-state index is 13.7. The summed E-state index contributed by atoms with van der Waals surface area (Å²) in [5.74, 6) is -0.0791. The van der Waals surface area contributed by atoms with E-state index in [-0.39, 0.29) is 11.5 Å². The van der Waals surface area contributed by atoms with Gasteiger partial charge >= 0.3 is 0 Å². The lowest BCUT2D eigenvalue weighted by atomic mass is 10.1. The quantitative estimate of drug-likeness (QED) is 0.669. The van der Waals surface area contributed by atoms with Crippen LogP contribution in [0, 0.1) is 12.7 Å². The normalized spacial score (nSPS) is 13.4. The lowest BCUT2D eigenvalue weighted by molar-refractivity contribution is 0.102. The van der Waals surface area contributed by atoms with Crippen LogP contribution < -0.4 is 15.5 Å². The second-order valence-corrected chi connectivity index (χ2v) is 7.11. The summed E-state index contributed by atoms with van der Waals surface area (Å²) in [6.07, 6.45) is 4.18.